The Hall–Kier alpha value is -0.220. The molecule has 14 heavy (non-hydrogen) atoms. The molecule has 0 aliphatic heterocycles. The molecular weight excluding hydrogens is 196 g/mol. The first kappa shape index (κ1) is 13.8. The Morgan fingerprint density at radius 3 is 1.93 bits per heavy atom. The van der Waals surface area contributed by atoms with Crippen LogP contribution < -0.4 is 11.3 Å². The summed E-state index contributed by atoms with van der Waals surface area (Å²) in [6.07, 6.45) is 0. The summed E-state index contributed by atoms with van der Waals surface area (Å²) in [6.45, 7) is 10.6. The lowest BCUT2D eigenvalue weighted by Crippen LogP contribution is -2.41. The minimum absolute atomic E-state index is 0.0441. The van der Waals surface area contributed by atoms with Gasteiger partial charge in [0.15, 0.2) is 0 Å². The molecule has 0 rings (SSSR count). The number of hydrogen-bond acceptors (Lipinski definition) is 3. The van der Waals surface area contributed by atoms with Crippen LogP contribution in [0.25, 0.3) is 0 Å². The summed E-state index contributed by atoms with van der Waals surface area (Å²) in [5, 5.41) is 0.428. The van der Waals surface area contributed by atoms with Gasteiger partial charge in [0.05, 0.1) is 5.25 Å². The topological polar surface area (TPSA) is 55.1 Å². The van der Waals surface area contributed by atoms with E-state index >= 15 is 0 Å². The SMILES string of the molecule is CC(C)C(C)SC(C(=O)NN)C(C)C. The third-order valence-corrected chi connectivity index (χ3v) is 4.33. The molecule has 0 radical (unpaired) electrons. The number of rotatable bonds is 5. The molecule has 0 aromatic rings. The molecule has 0 aromatic carbocycles. The van der Waals surface area contributed by atoms with E-state index in [4.69, 9.17) is 5.84 Å². The normalized spacial score (nSPS) is 15.7. The maximum Gasteiger partial charge on any atom is 0.247 e. The predicted molar refractivity (Wildman–Crippen MR) is 62.8 cm³/mol. The molecule has 3 N–H and O–H groups in total. The van der Waals surface area contributed by atoms with Crippen LogP contribution >= 0.6 is 11.8 Å². The van der Waals surface area contributed by atoms with Crippen LogP contribution in [0.15, 0.2) is 0 Å². The number of hydrazine groups is 1. The molecule has 0 aromatic heterocycles. The molecule has 0 heterocycles. The van der Waals surface area contributed by atoms with E-state index in [1.54, 1.807) is 11.8 Å². The molecule has 2 atom stereocenters. The molecule has 0 aliphatic rings. The van der Waals surface area contributed by atoms with Gasteiger partial charge < -0.3 is 0 Å². The lowest BCUT2D eigenvalue weighted by molar-refractivity contribution is -0.121. The molecule has 1 amide bonds. The van der Waals surface area contributed by atoms with E-state index in [-0.39, 0.29) is 11.2 Å². The fourth-order valence-electron chi connectivity index (χ4n) is 0.992. The highest BCUT2D eigenvalue weighted by atomic mass is 32.2. The van der Waals surface area contributed by atoms with Crippen molar-refractivity contribution in [2.75, 3.05) is 0 Å². The van der Waals surface area contributed by atoms with Crippen molar-refractivity contribution < 1.29 is 4.79 Å². The Morgan fingerprint density at radius 2 is 1.64 bits per heavy atom. The summed E-state index contributed by atoms with van der Waals surface area (Å²) in [4.78, 5) is 11.5. The van der Waals surface area contributed by atoms with Crippen molar-refractivity contribution in [3.05, 3.63) is 0 Å². The fourth-order valence-corrected chi connectivity index (χ4v) is 2.27. The summed E-state index contributed by atoms with van der Waals surface area (Å²) in [5.74, 6) is 5.96. The molecular formula is C10H22N2OS. The van der Waals surface area contributed by atoms with Gasteiger partial charge in [0.1, 0.15) is 0 Å². The average Bonchev–Trinajstić information content (AvgIpc) is 2.11. The summed E-state index contributed by atoms with van der Waals surface area (Å²) >= 11 is 1.70. The minimum atomic E-state index is -0.0718. The van der Waals surface area contributed by atoms with Crippen LogP contribution in [0.3, 0.4) is 0 Å². The van der Waals surface area contributed by atoms with Crippen LogP contribution in [0.4, 0.5) is 0 Å². The predicted octanol–water partition coefficient (Wildman–Crippen LogP) is 1.78. The lowest BCUT2D eigenvalue weighted by atomic mass is 10.1. The Bertz CT molecular complexity index is 183. The maximum atomic E-state index is 11.5. The van der Waals surface area contributed by atoms with Gasteiger partial charge in [-0.05, 0) is 11.8 Å². The van der Waals surface area contributed by atoms with Crippen molar-refractivity contribution in [3.8, 4) is 0 Å². The number of amides is 1. The molecule has 0 fully saturated rings. The van der Waals surface area contributed by atoms with Crippen LogP contribution in [0.5, 0.6) is 0 Å². The second-order valence-corrected chi connectivity index (χ2v) is 5.78. The van der Waals surface area contributed by atoms with E-state index in [0.717, 1.165) is 0 Å². The lowest BCUT2D eigenvalue weighted by Gasteiger charge is -2.24. The van der Waals surface area contributed by atoms with Crippen LogP contribution in [0.1, 0.15) is 34.6 Å². The molecule has 0 aliphatic carbocycles. The van der Waals surface area contributed by atoms with Gasteiger partial charge in [-0.25, -0.2) is 5.84 Å². The molecule has 0 spiro atoms. The van der Waals surface area contributed by atoms with Gasteiger partial charge in [-0.2, -0.15) is 0 Å². The summed E-state index contributed by atoms with van der Waals surface area (Å²) in [7, 11) is 0. The highest BCUT2D eigenvalue weighted by Gasteiger charge is 2.25. The zero-order valence-corrected chi connectivity index (χ0v) is 10.5. The van der Waals surface area contributed by atoms with E-state index in [1.165, 1.54) is 0 Å². The van der Waals surface area contributed by atoms with Crippen molar-refractivity contribution in [2.45, 2.75) is 45.1 Å². The van der Waals surface area contributed by atoms with Gasteiger partial charge in [-0.15, -0.1) is 11.8 Å². The molecule has 2 unspecified atom stereocenters. The Morgan fingerprint density at radius 1 is 1.14 bits per heavy atom. The van der Waals surface area contributed by atoms with Gasteiger partial charge in [0.25, 0.3) is 0 Å². The number of nitrogens with two attached hydrogens (primary N) is 1. The van der Waals surface area contributed by atoms with Crippen molar-refractivity contribution in [1.82, 2.24) is 5.43 Å². The Balaban J connectivity index is 4.30. The molecule has 0 bridgehead atoms. The van der Waals surface area contributed by atoms with Gasteiger partial charge >= 0.3 is 0 Å². The summed E-state index contributed by atoms with van der Waals surface area (Å²) in [5.41, 5.74) is 2.23. The third-order valence-electron chi connectivity index (χ3n) is 2.31. The second kappa shape index (κ2) is 6.30. The first-order chi connectivity index (χ1) is 6.40. The fraction of sp³-hybridized carbons (Fsp3) is 0.900. The molecule has 0 saturated carbocycles. The zero-order chi connectivity index (χ0) is 11.3. The van der Waals surface area contributed by atoms with E-state index in [2.05, 4.69) is 26.2 Å². The molecule has 0 saturated heterocycles. The van der Waals surface area contributed by atoms with Gasteiger partial charge in [0, 0.05) is 5.25 Å². The quantitative estimate of drug-likeness (QED) is 0.420. The van der Waals surface area contributed by atoms with Crippen LogP contribution in [-0.2, 0) is 4.79 Å². The van der Waals surface area contributed by atoms with Crippen molar-refractivity contribution >= 4 is 17.7 Å². The largest absolute Gasteiger partial charge is 0.293 e. The highest BCUT2D eigenvalue weighted by Crippen LogP contribution is 2.28. The Kier molecular flexibility index (Phi) is 6.20. The minimum Gasteiger partial charge on any atom is -0.293 e. The third kappa shape index (κ3) is 4.33. The van der Waals surface area contributed by atoms with Crippen molar-refractivity contribution in [1.29, 1.82) is 0 Å². The van der Waals surface area contributed by atoms with Gasteiger partial charge in [-0.3, -0.25) is 10.2 Å². The number of hydrogen-bond donors (Lipinski definition) is 2. The molecule has 3 nitrogen and oxygen atoms in total. The van der Waals surface area contributed by atoms with E-state index in [1.807, 2.05) is 13.8 Å². The number of thioether (sulfide) groups is 1. The van der Waals surface area contributed by atoms with E-state index in [9.17, 15) is 4.79 Å². The summed E-state index contributed by atoms with van der Waals surface area (Å²) < 4.78 is 0. The van der Waals surface area contributed by atoms with E-state index in [0.29, 0.717) is 17.1 Å². The smallest absolute Gasteiger partial charge is 0.247 e. The number of carbonyl (C=O) groups is 1. The van der Waals surface area contributed by atoms with Crippen molar-refractivity contribution in [3.63, 3.8) is 0 Å². The number of carbonyl (C=O) groups excluding carboxylic acids is 1. The first-order valence-electron chi connectivity index (χ1n) is 5.06. The van der Waals surface area contributed by atoms with Gasteiger partial charge in [-0.1, -0.05) is 34.6 Å². The monoisotopic (exact) mass is 218 g/mol. The van der Waals surface area contributed by atoms with Crippen LogP contribution in [0.2, 0.25) is 0 Å². The maximum absolute atomic E-state index is 11.5. The van der Waals surface area contributed by atoms with E-state index < -0.39 is 0 Å². The standard InChI is InChI=1S/C10H22N2OS/c1-6(2)8(5)14-9(7(3)4)10(13)12-11/h6-9H,11H2,1-5H3,(H,12,13). The average molecular weight is 218 g/mol. The number of nitrogens with one attached hydrogen (secondary N) is 1. The van der Waals surface area contributed by atoms with Crippen molar-refractivity contribution in [2.24, 2.45) is 17.7 Å². The zero-order valence-electron chi connectivity index (χ0n) is 9.70. The van der Waals surface area contributed by atoms with Crippen LogP contribution in [-0.4, -0.2) is 16.4 Å². The van der Waals surface area contributed by atoms with Gasteiger partial charge in [0.2, 0.25) is 5.91 Å². The summed E-state index contributed by atoms with van der Waals surface area (Å²) in [6, 6.07) is 0. The molecule has 4 heteroatoms. The second-order valence-electron chi connectivity index (χ2n) is 4.26. The molecule has 84 valence electrons. The first-order valence-corrected chi connectivity index (χ1v) is 6.00. The van der Waals surface area contributed by atoms with Crippen LogP contribution in [0, 0.1) is 11.8 Å². The highest BCUT2D eigenvalue weighted by molar-refractivity contribution is 8.01. The Labute approximate surface area is 91.2 Å².